The van der Waals surface area contributed by atoms with Gasteiger partial charge in [-0.25, -0.2) is 4.39 Å². The summed E-state index contributed by atoms with van der Waals surface area (Å²) < 4.78 is 96.3. The fourth-order valence-electron chi connectivity index (χ4n) is 2.80. The van der Waals surface area contributed by atoms with Gasteiger partial charge in [0.25, 0.3) is 0 Å². The molecule has 0 aliphatic rings. The van der Waals surface area contributed by atoms with Crippen LogP contribution in [0.15, 0.2) is 36.4 Å². The van der Waals surface area contributed by atoms with Crippen LogP contribution in [0.25, 0.3) is 0 Å². The van der Waals surface area contributed by atoms with Crippen molar-refractivity contribution < 1.29 is 40.6 Å². The molecule has 2 unspecified atom stereocenters. The lowest BCUT2D eigenvalue weighted by Gasteiger charge is -2.27. The Balaban J connectivity index is 2.15. The topological polar surface area (TPSA) is 55.5 Å². The molecule has 0 aliphatic carbocycles. The molecule has 30 heavy (non-hydrogen) atoms. The number of ether oxygens (including phenoxy) is 1. The number of benzene rings is 2. The molecule has 0 amide bonds. The second-order valence-electron chi connectivity index (χ2n) is 7.21. The van der Waals surface area contributed by atoms with Crippen molar-refractivity contribution in [3.8, 4) is 0 Å². The predicted molar refractivity (Wildman–Crippen MR) is 94.5 cm³/mol. The maximum atomic E-state index is 13.7. The summed E-state index contributed by atoms with van der Waals surface area (Å²) in [7, 11) is 0. The number of hydrogen-bond donors (Lipinski definition) is 2. The molecule has 0 saturated heterocycles. The summed E-state index contributed by atoms with van der Waals surface area (Å²) in [6.45, 7) is 2.23. The fraction of sp³-hybridized carbons (Fsp3) is 0.400. The van der Waals surface area contributed by atoms with Crippen LogP contribution in [-0.4, -0.2) is 11.3 Å². The van der Waals surface area contributed by atoms with Crippen molar-refractivity contribution in [3.05, 3.63) is 70.0 Å². The van der Waals surface area contributed by atoms with E-state index in [1.165, 1.54) is 26.0 Å². The zero-order valence-corrected chi connectivity index (χ0v) is 16.0. The van der Waals surface area contributed by atoms with Gasteiger partial charge in [0.2, 0.25) is 0 Å². The number of hydrogen-bond acceptors (Lipinski definition) is 3. The van der Waals surface area contributed by atoms with Gasteiger partial charge < -0.3 is 15.6 Å². The summed E-state index contributed by atoms with van der Waals surface area (Å²) in [6, 6.07) is 5.13. The number of halogens is 7. The van der Waals surface area contributed by atoms with Crippen molar-refractivity contribution in [1.29, 1.82) is 0 Å². The Hall–Kier alpha value is -2.17. The van der Waals surface area contributed by atoms with Crippen LogP contribution in [0.3, 0.4) is 0 Å². The lowest BCUT2D eigenvalue weighted by molar-refractivity contribution is -0.143. The average molecular weight is 439 g/mol. The van der Waals surface area contributed by atoms with Gasteiger partial charge in [0, 0.05) is 6.42 Å². The predicted octanol–water partition coefficient (Wildman–Crippen LogP) is 5.27. The molecule has 0 aliphatic heterocycles. The van der Waals surface area contributed by atoms with E-state index in [2.05, 4.69) is 0 Å². The van der Waals surface area contributed by atoms with E-state index in [9.17, 15) is 35.8 Å². The standard InChI is InChI=1S/C20H20F7NO2/c1-11-3-4-13(8-16(11)21)18(2,29)9-17(28)30-10-12-5-14(19(22,23)24)7-15(6-12)20(25,26)27/h3-8,17,29H,9-10,28H2,1-2H3. The van der Waals surface area contributed by atoms with E-state index < -0.39 is 47.7 Å². The van der Waals surface area contributed by atoms with Crippen LogP contribution in [0, 0.1) is 12.7 Å². The van der Waals surface area contributed by atoms with Gasteiger partial charge in [-0.2, -0.15) is 26.3 Å². The molecule has 2 rings (SSSR count). The first-order chi connectivity index (χ1) is 13.6. The number of aryl methyl sites for hydroxylation is 1. The summed E-state index contributed by atoms with van der Waals surface area (Å²) in [6.07, 6.45) is -11.5. The first kappa shape index (κ1) is 24.1. The van der Waals surface area contributed by atoms with Gasteiger partial charge in [0.1, 0.15) is 12.0 Å². The molecule has 2 aromatic carbocycles. The molecule has 3 N–H and O–H groups in total. The van der Waals surface area contributed by atoms with Crippen LogP contribution in [-0.2, 0) is 29.3 Å². The van der Waals surface area contributed by atoms with Gasteiger partial charge in [0.15, 0.2) is 0 Å². The van der Waals surface area contributed by atoms with Gasteiger partial charge in [-0.1, -0.05) is 12.1 Å². The van der Waals surface area contributed by atoms with E-state index in [0.717, 1.165) is 6.07 Å². The molecule has 10 heteroatoms. The molecule has 2 aromatic rings. The number of alkyl halides is 6. The molecule has 0 bridgehead atoms. The highest BCUT2D eigenvalue weighted by Crippen LogP contribution is 2.36. The molecule has 0 heterocycles. The third-order valence-corrected chi connectivity index (χ3v) is 4.50. The van der Waals surface area contributed by atoms with Gasteiger partial charge in [-0.05, 0) is 54.8 Å². The van der Waals surface area contributed by atoms with Crippen molar-refractivity contribution in [1.82, 2.24) is 0 Å². The molecule has 2 atom stereocenters. The Morgan fingerprint density at radius 1 is 0.933 bits per heavy atom. The van der Waals surface area contributed by atoms with E-state index in [-0.39, 0.29) is 23.6 Å². The van der Waals surface area contributed by atoms with E-state index in [1.807, 2.05) is 0 Å². The normalized spacial score (nSPS) is 15.7. The Morgan fingerprint density at radius 3 is 1.93 bits per heavy atom. The third kappa shape index (κ3) is 6.16. The third-order valence-electron chi connectivity index (χ3n) is 4.50. The molecule has 166 valence electrons. The van der Waals surface area contributed by atoms with Gasteiger partial charge in [0.05, 0.1) is 23.3 Å². The summed E-state index contributed by atoms with van der Waals surface area (Å²) in [5.41, 5.74) is 1.35. The van der Waals surface area contributed by atoms with E-state index in [1.54, 1.807) is 0 Å². The first-order valence-electron chi connectivity index (χ1n) is 8.74. The Bertz CT molecular complexity index is 859. The van der Waals surface area contributed by atoms with Crippen molar-refractivity contribution in [2.75, 3.05) is 0 Å². The average Bonchev–Trinajstić information content (AvgIpc) is 2.60. The minimum absolute atomic E-state index is 0.0140. The minimum atomic E-state index is -4.97. The smallest absolute Gasteiger partial charge is 0.385 e. The summed E-state index contributed by atoms with van der Waals surface area (Å²) in [5, 5.41) is 10.5. The second-order valence-corrected chi connectivity index (χ2v) is 7.21. The molecule has 3 nitrogen and oxygen atoms in total. The highest BCUT2D eigenvalue weighted by molar-refractivity contribution is 5.33. The molecular formula is C20H20F7NO2. The van der Waals surface area contributed by atoms with Crippen molar-refractivity contribution >= 4 is 0 Å². The summed E-state index contributed by atoms with van der Waals surface area (Å²) in [4.78, 5) is 0. The SMILES string of the molecule is Cc1ccc(C(C)(O)CC(N)OCc2cc(C(F)(F)F)cc(C(F)(F)F)c2)cc1F. The van der Waals surface area contributed by atoms with Crippen LogP contribution in [0.4, 0.5) is 30.7 Å². The quantitative estimate of drug-likeness (QED) is 0.476. The minimum Gasteiger partial charge on any atom is -0.385 e. The molecule has 0 spiro atoms. The molecule has 0 saturated carbocycles. The van der Waals surface area contributed by atoms with Crippen molar-refractivity contribution in [2.24, 2.45) is 5.73 Å². The van der Waals surface area contributed by atoms with Gasteiger partial charge in [-0.3, -0.25) is 0 Å². The molecule has 0 radical (unpaired) electrons. The fourth-order valence-corrected chi connectivity index (χ4v) is 2.80. The largest absolute Gasteiger partial charge is 0.416 e. The first-order valence-corrected chi connectivity index (χ1v) is 8.74. The van der Waals surface area contributed by atoms with Gasteiger partial charge >= 0.3 is 12.4 Å². The zero-order chi connectivity index (χ0) is 22.9. The summed E-state index contributed by atoms with van der Waals surface area (Å²) in [5.74, 6) is -0.550. The number of rotatable bonds is 6. The van der Waals surface area contributed by atoms with Crippen LogP contribution < -0.4 is 5.73 Å². The van der Waals surface area contributed by atoms with Crippen molar-refractivity contribution in [3.63, 3.8) is 0 Å². The molecule has 0 fully saturated rings. The van der Waals surface area contributed by atoms with Crippen LogP contribution in [0.1, 0.15) is 41.2 Å². The number of aliphatic hydroxyl groups is 1. The Kier molecular flexibility index (Phi) is 6.85. The molecular weight excluding hydrogens is 419 g/mol. The van der Waals surface area contributed by atoms with E-state index in [0.29, 0.717) is 17.7 Å². The Morgan fingerprint density at radius 2 is 1.47 bits per heavy atom. The maximum Gasteiger partial charge on any atom is 0.416 e. The highest BCUT2D eigenvalue weighted by atomic mass is 19.4. The highest BCUT2D eigenvalue weighted by Gasteiger charge is 2.37. The second kappa shape index (κ2) is 8.52. The van der Waals surface area contributed by atoms with Crippen molar-refractivity contribution in [2.45, 2.75) is 51.1 Å². The maximum absolute atomic E-state index is 13.7. The lowest BCUT2D eigenvalue weighted by Crippen LogP contribution is -2.34. The Labute approximate surface area is 168 Å². The van der Waals surface area contributed by atoms with Crippen LogP contribution in [0.5, 0.6) is 0 Å². The zero-order valence-electron chi connectivity index (χ0n) is 16.0. The molecule has 0 aromatic heterocycles. The lowest BCUT2D eigenvalue weighted by atomic mass is 9.91. The summed E-state index contributed by atoms with van der Waals surface area (Å²) >= 11 is 0. The van der Waals surface area contributed by atoms with Crippen LogP contribution >= 0.6 is 0 Å². The van der Waals surface area contributed by atoms with E-state index >= 15 is 0 Å². The monoisotopic (exact) mass is 439 g/mol. The van der Waals surface area contributed by atoms with Gasteiger partial charge in [-0.15, -0.1) is 0 Å². The van der Waals surface area contributed by atoms with E-state index in [4.69, 9.17) is 10.5 Å². The number of nitrogens with two attached hydrogens (primary N) is 1. The van der Waals surface area contributed by atoms with Crippen LogP contribution in [0.2, 0.25) is 0 Å².